The molecule has 1 atom stereocenters. The Balaban J connectivity index is 1.75. The Kier molecular flexibility index (Phi) is 3.29. The summed E-state index contributed by atoms with van der Waals surface area (Å²) in [4.78, 5) is 14.0. The fraction of sp³-hybridized carbons (Fsp3) is 0.533. The second-order valence-corrected chi connectivity index (χ2v) is 5.32. The van der Waals surface area contributed by atoms with Gasteiger partial charge in [0.05, 0.1) is 6.61 Å². The molecule has 0 amide bonds. The zero-order valence-electron chi connectivity index (χ0n) is 11.1. The van der Waals surface area contributed by atoms with E-state index in [-0.39, 0.29) is 6.61 Å². The van der Waals surface area contributed by atoms with E-state index in [0.29, 0.717) is 5.56 Å². The van der Waals surface area contributed by atoms with E-state index < -0.39 is 12.1 Å². The predicted octanol–water partition coefficient (Wildman–Crippen LogP) is 1.76. The Hall–Kier alpha value is -1.39. The fourth-order valence-electron chi connectivity index (χ4n) is 2.67. The highest BCUT2D eigenvalue weighted by Gasteiger charge is 2.33. The predicted molar refractivity (Wildman–Crippen MR) is 70.3 cm³/mol. The van der Waals surface area contributed by atoms with Gasteiger partial charge in [-0.15, -0.1) is 0 Å². The van der Waals surface area contributed by atoms with Crippen molar-refractivity contribution in [1.29, 1.82) is 0 Å². The average molecular weight is 261 g/mol. The Bertz CT molecular complexity index is 496. The molecule has 2 aliphatic rings. The largest absolute Gasteiger partial charge is 0.464 e. The number of aliphatic hydroxyl groups excluding tert-OH is 1. The highest BCUT2D eigenvalue weighted by atomic mass is 16.5. The number of rotatable bonds is 4. The summed E-state index contributed by atoms with van der Waals surface area (Å²) in [7, 11) is 0. The van der Waals surface area contributed by atoms with Crippen molar-refractivity contribution in [3.8, 4) is 0 Å². The summed E-state index contributed by atoms with van der Waals surface area (Å²) in [5.74, 6) is -0.570. The molecular formula is C15H19NO3. The lowest BCUT2D eigenvalue weighted by atomic mass is 10.0. The molecule has 19 heavy (non-hydrogen) atoms. The fourth-order valence-corrected chi connectivity index (χ4v) is 2.67. The first-order valence-electron chi connectivity index (χ1n) is 6.89. The van der Waals surface area contributed by atoms with Gasteiger partial charge in [0.25, 0.3) is 0 Å². The van der Waals surface area contributed by atoms with Crippen LogP contribution in [0.25, 0.3) is 0 Å². The van der Waals surface area contributed by atoms with Crippen LogP contribution in [0.3, 0.4) is 0 Å². The molecule has 4 heteroatoms. The second kappa shape index (κ2) is 4.94. The molecule has 0 saturated heterocycles. The number of fused-ring (bicyclic) bond motifs is 1. The van der Waals surface area contributed by atoms with E-state index in [9.17, 15) is 9.90 Å². The topological polar surface area (TPSA) is 49.8 Å². The zero-order valence-corrected chi connectivity index (χ0v) is 11.1. The first-order chi connectivity index (χ1) is 9.19. The third kappa shape index (κ3) is 2.51. The maximum Gasteiger partial charge on any atom is 0.339 e. The molecule has 1 aromatic carbocycles. The van der Waals surface area contributed by atoms with Crippen LogP contribution in [0.2, 0.25) is 0 Å². The maximum atomic E-state index is 11.5. The Morgan fingerprint density at radius 1 is 1.42 bits per heavy atom. The minimum Gasteiger partial charge on any atom is -0.464 e. The minimum atomic E-state index is -1.17. The summed E-state index contributed by atoms with van der Waals surface area (Å²) >= 11 is 0. The van der Waals surface area contributed by atoms with Crippen LogP contribution in [0.1, 0.15) is 42.6 Å². The number of hydrogen-bond acceptors (Lipinski definition) is 4. The van der Waals surface area contributed by atoms with Crippen molar-refractivity contribution in [1.82, 2.24) is 4.90 Å². The number of aliphatic hydroxyl groups is 1. The summed E-state index contributed by atoms with van der Waals surface area (Å²) in [5, 5.41) is 9.95. The molecule has 0 bridgehead atoms. The van der Waals surface area contributed by atoms with Crippen LogP contribution in [-0.2, 0) is 22.6 Å². The number of carbonyl (C=O) groups is 1. The average Bonchev–Trinajstić information content (AvgIpc) is 3.17. The Labute approximate surface area is 113 Å². The van der Waals surface area contributed by atoms with Gasteiger partial charge in [0.2, 0.25) is 0 Å². The van der Waals surface area contributed by atoms with Gasteiger partial charge in [0.1, 0.15) is 0 Å². The van der Waals surface area contributed by atoms with Gasteiger partial charge in [-0.05, 0) is 36.5 Å². The van der Waals surface area contributed by atoms with E-state index in [2.05, 4.69) is 4.90 Å². The number of nitrogens with zero attached hydrogens (tertiary/aromatic N) is 1. The van der Waals surface area contributed by atoms with E-state index in [1.807, 2.05) is 18.2 Å². The lowest BCUT2D eigenvalue weighted by Gasteiger charge is -2.12. The first kappa shape index (κ1) is 12.6. The van der Waals surface area contributed by atoms with Crippen LogP contribution in [-0.4, -0.2) is 28.6 Å². The molecule has 1 aliphatic carbocycles. The summed E-state index contributed by atoms with van der Waals surface area (Å²) in [6.45, 7) is 3.95. The van der Waals surface area contributed by atoms with Crippen molar-refractivity contribution in [3.63, 3.8) is 0 Å². The molecule has 1 unspecified atom stereocenters. The molecule has 0 aromatic heterocycles. The Morgan fingerprint density at radius 3 is 2.84 bits per heavy atom. The van der Waals surface area contributed by atoms with Crippen LogP contribution in [0.4, 0.5) is 0 Å². The molecular weight excluding hydrogens is 242 g/mol. The number of esters is 1. The van der Waals surface area contributed by atoms with Crippen molar-refractivity contribution in [3.05, 3.63) is 34.9 Å². The third-order valence-electron chi connectivity index (χ3n) is 3.87. The van der Waals surface area contributed by atoms with E-state index in [1.54, 1.807) is 6.92 Å². The van der Waals surface area contributed by atoms with Crippen LogP contribution in [0.15, 0.2) is 18.2 Å². The molecule has 1 aromatic rings. The van der Waals surface area contributed by atoms with Crippen molar-refractivity contribution in [2.45, 2.75) is 45.0 Å². The molecule has 1 fully saturated rings. The van der Waals surface area contributed by atoms with Gasteiger partial charge in [-0.3, -0.25) is 4.90 Å². The molecule has 102 valence electrons. The summed E-state index contributed by atoms with van der Waals surface area (Å²) in [5.41, 5.74) is 3.18. The number of carbonyl (C=O) groups excluding carboxylic acids is 1. The van der Waals surface area contributed by atoms with Crippen molar-refractivity contribution in [2.24, 2.45) is 0 Å². The maximum absolute atomic E-state index is 11.5. The van der Waals surface area contributed by atoms with Gasteiger partial charge in [-0.2, -0.15) is 0 Å². The van der Waals surface area contributed by atoms with Gasteiger partial charge in [0, 0.05) is 19.1 Å². The lowest BCUT2D eigenvalue weighted by molar-refractivity contribution is -0.153. The van der Waals surface area contributed by atoms with E-state index in [4.69, 9.17) is 4.74 Å². The smallest absolute Gasteiger partial charge is 0.339 e. The molecule has 1 aliphatic heterocycles. The molecule has 4 nitrogen and oxygen atoms in total. The standard InChI is InChI=1S/C15H19NO3/c1-2-19-15(18)14(17)10-3-4-11-8-16(13-5-6-13)9-12(11)7-10/h3-4,7,13-14,17H,2,5-6,8-9H2,1H3. The molecule has 1 saturated carbocycles. The zero-order chi connectivity index (χ0) is 13.4. The summed E-state index contributed by atoms with van der Waals surface area (Å²) in [6, 6.07) is 6.54. The number of ether oxygens (including phenoxy) is 1. The van der Waals surface area contributed by atoms with Gasteiger partial charge in [-0.1, -0.05) is 18.2 Å². The highest BCUT2D eigenvalue weighted by Crippen LogP contribution is 2.35. The van der Waals surface area contributed by atoms with Gasteiger partial charge in [0.15, 0.2) is 6.10 Å². The van der Waals surface area contributed by atoms with Gasteiger partial charge >= 0.3 is 5.97 Å². The van der Waals surface area contributed by atoms with Crippen LogP contribution >= 0.6 is 0 Å². The van der Waals surface area contributed by atoms with E-state index >= 15 is 0 Å². The molecule has 3 rings (SSSR count). The first-order valence-corrected chi connectivity index (χ1v) is 6.89. The SMILES string of the molecule is CCOC(=O)C(O)c1ccc2c(c1)CN(C1CC1)C2. The van der Waals surface area contributed by atoms with Gasteiger partial charge in [-0.25, -0.2) is 4.79 Å². The normalized spacial score (nSPS) is 20.1. The lowest BCUT2D eigenvalue weighted by Crippen LogP contribution is -2.18. The number of benzene rings is 1. The van der Waals surface area contributed by atoms with Crippen LogP contribution in [0.5, 0.6) is 0 Å². The monoisotopic (exact) mass is 261 g/mol. The van der Waals surface area contributed by atoms with E-state index in [0.717, 1.165) is 19.1 Å². The van der Waals surface area contributed by atoms with Crippen molar-refractivity contribution < 1.29 is 14.6 Å². The van der Waals surface area contributed by atoms with Crippen LogP contribution in [0, 0.1) is 0 Å². The highest BCUT2D eigenvalue weighted by molar-refractivity contribution is 5.76. The van der Waals surface area contributed by atoms with Crippen LogP contribution < -0.4 is 0 Å². The Morgan fingerprint density at radius 2 is 2.16 bits per heavy atom. The van der Waals surface area contributed by atoms with E-state index in [1.165, 1.54) is 24.0 Å². The summed E-state index contributed by atoms with van der Waals surface area (Å²) in [6.07, 6.45) is 1.43. The number of hydrogen-bond donors (Lipinski definition) is 1. The molecule has 0 spiro atoms. The van der Waals surface area contributed by atoms with Crippen molar-refractivity contribution in [2.75, 3.05) is 6.61 Å². The third-order valence-corrected chi connectivity index (χ3v) is 3.87. The van der Waals surface area contributed by atoms with Crippen molar-refractivity contribution >= 4 is 5.97 Å². The quantitative estimate of drug-likeness (QED) is 0.839. The second-order valence-electron chi connectivity index (χ2n) is 5.32. The molecule has 1 heterocycles. The van der Waals surface area contributed by atoms with Gasteiger partial charge < -0.3 is 9.84 Å². The molecule has 1 N–H and O–H groups in total. The summed E-state index contributed by atoms with van der Waals surface area (Å²) < 4.78 is 4.85. The minimum absolute atomic E-state index is 0.288. The molecule has 0 radical (unpaired) electrons.